The normalized spacial score (nSPS) is 11.3. The van der Waals surface area contributed by atoms with Crippen LogP contribution in [0.25, 0.3) is 0 Å². The van der Waals surface area contributed by atoms with E-state index in [9.17, 15) is 9.59 Å². The predicted octanol–water partition coefficient (Wildman–Crippen LogP) is -0.623. The van der Waals surface area contributed by atoms with E-state index < -0.39 is 18.1 Å². The number of carboxylic acid groups (broad SMARTS) is 1. The molecule has 0 aromatic heterocycles. The van der Waals surface area contributed by atoms with E-state index in [1.165, 1.54) is 4.90 Å². The fourth-order valence-electron chi connectivity index (χ4n) is 0.971. The third-order valence-corrected chi connectivity index (χ3v) is 1.89. The van der Waals surface area contributed by atoms with Gasteiger partial charge in [0, 0.05) is 13.1 Å². The summed E-state index contributed by atoms with van der Waals surface area (Å²) in [7, 11) is 0. The minimum Gasteiger partial charge on any atom is -0.479 e. The van der Waals surface area contributed by atoms with E-state index in [4.69, 9.17) is 15.5 Å². The highest BCUT2D eigenvalue weighted by atomic mass is 16.4. The first-order chi connectivity index (χ1) is 7.52. The van der Waals surface area contributed by atoms with Crippen molar-refractivity contribution in [1.82, 2.24) is 10.2 Å². The van der Waals surface area contributed by atoms with Gasteiger partial charge < -0.3 is 20.4 Å². The van der Waals surface area contributed by atoms with Gasteiger partial charge in [-0.25, -0.2) is 9.59 Å². The second-order valence-electron chi connectivity index (χ2n) is 3.03. The molecule has 7 nitrogen and oxygen atoms in total. The third kappa shape index (κ3) is 5.17. The molecule has 0 fully saturated rings. The molecule has 0 spiro atoms. The van der Waals surface area contributed by atoms with Gasteiger partial charge in [0.2, 0.25) is 0 Å². The number of carbonyl (C=O) groups is 2. The third-order valence-electron chi connectivity index (χ3n) is 1.89. The Morgan fingerprint density at radius 3 is 2.62 bits per heavy atom. The van der Waals surface area contributed by atoms with Crippen LogP contribution in [0.4, 0.5) is 4.79 Å². The fourth-order valence-corrected chi connectivity index (χ4v) is 0.971. The van der Waals surface area contributed by atoms with Crippen molar-refractivity contribution in [2.75, 3.05) is 19.6 Å². The molecule has 0 aliphatic rings. The van der Waals surface area contributed by atoms with E-state index in [0.717, 1.165) is 0 Å². The van der Waals surface area contributed by atoms with Crippen LogP contribution < -0.4 is 5.32 Å². The summed E-state index contributed by atoms with van der Waals surface area (Å²) in [5.41, 5.74) is 0. The minimum absolute atomic E-state index is 0.211. The SMILES string of the molecule is CCN(CCC#N)C(=O)NCC(O)C(=O)O. The number of aliphatic carboxylic acids is 1. The number of carboxylic acids is 1. The van der Waals surface area contributed by atoms with Gasteiger partial charge in [0.25, 0.3) is 0 Å². The molecule has 90 valence electrons. The number of aliphatic hydroxyl groups is 1. The van der Waals surface area contributed by atoms with Gasteiger partial charge in [-0.1, -0.05) is 0 Å². The Balaban J connectivity index is 4.02. The molecular formula is C9H15N3O4. The minimum atomic E-state index is -1.61. The molecule has 0 aromatic carbocycles. The van der Waals surface area contributed by atoms with Crippen LogP contribution in [0.3, 0.4) is 0 Å². The first-order valence-electron chi connectivity index (χ1n) is 4.83. The summed E-state index contributed by atoms with van der Waals surface area (Å²) in [6, 6.07) is 1.42. The first kappa shape index (κ1) is 14.2. The lowest BCUT2D eigenvalue weighted by atomic mass is 10.3. The Labute approximate surface area is 93.3 Å². The molecule has 0 heterocycles. The van der Waals surface area contributed by atoms with Crippen LogP contribution >= 0.6 is 0 Å². The Hall–Kier alpha value is -1.81. The van der Waals surface area contributed by atoms with E-state index in [1.807, 2.05) is 6.07 Å². The smallest absolute Gasteiger partial charge is 0.334 e. The number of carbonyl (C=O) groups excluding carboxylic acids is 1. The van der Waals surface area contributed by atoms with Crippen LogP contribution in [-0.4, -0.2) is 52.9 Å². The van der Waals surface area contributed by atoms with Crippen LogP contribution in [0, 0.1) is 11.3 Å². The number of hydrogen-bond donors (Lipinski definition) is 3. The zero-order valence-electron chi connectivity index (χ0n) is 9.01. The summed E-state index contributed by atoms with van der Waals surface area (Å²) < 4.78 is 0. The highest BCUT2D eigenvalue weighted by molar-refractivity contribution is 5.76. The van der Waals surface area contributed by atoms with Crippen molar-refractivity contribution < 1.29 is 19.8 Å². The van der Waals surface area contributed by atoms with Crippen molar-refractivity contribution in [3.8, 4) is 6.07 Å². The van der Waals surface area contributed by atoms with Gasteiger partial charge in [0.1, 0.15) is 0 Å². The maximum absolute atomic E-state index is 11.4. The number of aliphatic hydroxyl groups excluding tert-OH is 1. The van der Waals surface area contributed by atoms with Crippen LogP contribution in [0.2, 0.25) is 0 Å². The monoisotopic (exact) mass is 229 g/mol. The number of amides is 2. The first-order valence-corrected chi connectivity index (χ1v) is 4.83. The van der Waals surface area contributed by atoms with Gasteiger partial charge in [-0.2, -0.15) is 5.26 Å². The average Bonchev–Trinajstić information content (AvgIpc) is 2.26. The molecule has 1 unspecified atom stereocenters. The molecule has 16 heavy (non-hydrogen) atoms. The molecular weight excluding hydrogens is 214 g/mol. The summed E-state index contributed by atoms with van der Waals surface area (Å²) >= 11 is 0. The average molecular weight is 229 g/mol. The standard InChI is InChI=1S/C9H15N3O4/c1-2-12(5-3-4-10)9(16)11-6-7(13)8(14)15/h7,13H,2-3,5-6H2,1H3,(H,11,16)(H,14,15). The Kier molecular flexibility index (Phi) is 6.63. The van der Waals surface area contributed by atoms with Gasteiger partial charge in [0.05, 0.1) is 19.0 Å². The van der Waals surface area contributed by atoms with Crippen molar-refractivity contribution >= 4 is 12.0 Å². The molecule has 3 N–H and O–H groups in total. The largest absolute Gasteiger partial charge is 0.479 e. The van der Waals surface area contributed by atoms with E-state index in [0.29, 0.717) is 6.54 Å². The van der Waals surface area contributed by atoms with Crippen LogP contribution in [-0.2, 0) is 4.79 Å². The Morgan fingerprint density at radius 2 is 2.19 bits per heavy atom. The maximum atomic E-state index is 11.4. The van der Waals surface area contributed by atoms with E-state index in [1.54, 1.807) is 6.92 Å². The molecule has 0 saturated heterocycles. The number of rotatable bonds is 6. The molecule has 7 heteroatoms. The summed E-state index contributed by atoms with van der Waals surface area (Å²) in [6.45, 7) is 2.08. The van der Waals surface area contributed by atoms with Crippen LogP contribution in [0.1, 0.15) is 13.3 Å². The van der Waals surface area contributed by atoms with Crippen LogP contribution in [0.5, 0.6) is 0 Å². The highest BCUT2D eigenvalue weighted by Crippen LogP contribution is 1.92. The van der Waals surface area contributed by atoms with Crippen LogP contribution in [0.15, 0.2) is 0 Å². The molecule has 1 atom stereocenters. The number of hydrogen-bond acceptors (Lipinski definition) is 4. The van der Waals surface area contributed by atoms with Crippen molar-refractivity contribution in [1.29, 1.82) is 5.26 Å². The lowest BCUT2D eigenvalue weighted by Gasteiger charge is -2.20. The summed E-state index contributed by atoms with van der Waals surface area (Å²) in [6.07, 6.45) is -1.40. The molecule has 0 aliphatic carbocycles. The Bertz CT molecular complexity index is 287. The molecule has 0 rings (SSSR count). The lowest BCUT2D eigenvalue weighted by molar-refractivity contribution is -0.146. The second kappa shape index (κ2) is 7.48. The number of nitrogens with zero attached hydrogens (tertiary/aromatic N) is 2. The molecule has 0 aromatic rings. The van der Waals surface area contributed by atoms with Gasteiger partial charge in [0.15, 0.2) is 6.10 Å². The molecule has 2 amide bonds. The van der Waals surface area contributed by atoms with Crippen molar-refractivity contribution in [2.24, 2.45) is 0 Å². The van der Waals surface area contributed by atoms with Gasteiger partial charge >= 0.3 is 12.0 Å². The quantitative estimate of drug-likeness (QED) is 0.561. The molecule has 0 saturated carbocycles. The fraction of sp³-hybridized carbons (Fsp3) is 0.667. The van der Waals surface area contributed by atoms with Crippen molar-refractivity contribution in [3.63, 3.8) is 0 Å². The van der Waals surface area contributed by atoms with Gasteiger partial charge in [-0.05, 0) is 6.92 Å². The number of urea groups is 1. The lowest BCUT2D eigenvalue weighted by Crippen LogP contribution is -2.44. The second-order valence-corrected chi connectivity index (χ2v) is 3.03. The predicted molar refractivity (Wildman–Crippen MR) is 54.5 cm³/mol. The van der Waals surface area contributed by atoms with E-state index in [2.05, 4.69) is 5.32 Å². The van der Waals surface area contributed by atoms with Gasteiger partial charge in [-0.3, -0.25) is 0 Å². The molecule has 0 bridgehead atoms. The van der Waals surface area contributed by atoms with Crippen molar-refractivity contribution in [2.45, 2.75) is 19.4 Å². The number of nitriles is 1. The highest BCUT2D eigenvalue weighted by Gasteiger charge is 2.16. The summed E-state index contributed by atoms with van der Waals surface area (Å²) in [5, 5.41) is 27.9. The molecule has 0 aliphatic heterocycles. The molecule has 0 radical (unpaired) electrons. The zero-order valence-corrected chi connectivity index (χ0v) is 9.01. The number of nitrogens with one attached hydrogen (secondary N) is 1. The Morgan fingerprint density at radius 1 is 1.56 bits per heavy atom. The van der Waals surface area contributed by atoms with E-state index >= 15 is 0 Å². The van der Waals surface area contributed by atoms with E-state index in [-0.39, 0.29) is 19.5 Å². The topological polar surface area (TPSA) is 114 Å². The summed E-state index contributed by atoms with van der Waals surface area (Å²) in [4.78, 5) is 23.0. The summed E-state index contributed by atoms with van der Waals surface area (Å²) in [5.74, 6) is -1.39. The van der Waals surface area contributed by atoms with Gasteiger partial charge in [-0.15, -0.1) is 0 Å². The zero-order chi connectivity index (χ0) is 12.6. The van der Waals surface area contributed by atoms with Crippen molar-refractivity contribution in [3.05, 3.63) is 0 Å². The maximum Gasteiger partial charge on any atom is 0.334 e.